The van der Waals surface area contributed by atoms with Gasteiger partial charge >= 0.3 is 0 Å². The summed E-state index contributed by atoms with van der Waals surface area (Å²) in [5, 5.41) is 0. The first-order valence-corrected chi connectivity index (χ1v) is 7.56. The zero-order chi connectivity index (χ0) is 12.5. The van der Waals surface area contributed by atoms with E-state index in [1.54, 1.807) is 0 Å². The number of carbonyl (C=O) groups is 1. The summed E-state index contributed by atoms with van der Waals surface area (Å²) in [7, 11) is 0. The molecule has 1 aliphatic heterocycles. The predicted octanol–water partition coefficient (Wildman–Crippen LogP) is 3.21. The zero-order valence-corrected chi connectivity index (χ0v) is 11.2. The molecule has 0 amide bonds. The summed E-state index contributed by atoms with van der Waals surface area (Å²) in [5.74, 6) is 0.0430. The van der Waals surface area contributed by atoms with Gasteiger partial charge < -0.3 is 9.47 Å². The predicted molar refractivity (Wildman–Crippen MR) is 68.2 cm³/mol. The van der Waals surface area contributed by atoms with E-state index in [4.69, 9.17) is 9.47 Å². The van der Waals surface area contributed by atoms with Crippen molar-refractivity contribution in [2.24, 2.45) is 5.41 Å². The van der Waals surface area contributed by atoms with Crippen LogP contribution >= 0.6 is 0 Å². The van der Waals surface area contributed by atoms with E-state index >= 15 is 0 Å². The highest BCUT2D eigenvalue weighted by atomic mass is 16.7. The van der Waals surface area contributed by atoms with Gasteiger partial charge in [-0.05, 0) is 25.7 Å². The van der Waals surface area contributed by atoms with Crippen molar-refractivity contribution in [2.45, 2.75) is 70.0 Å². The molecule has 18 heavy (non-hydrogen) atoms. The number of carbonyl (C=O) groups excluding carboxylic acids is 1. The molecule has 3 aliphatic rings. The second-order valence-corrected chi connectivity index (χ2v) is 6.31. The van der Waals surface area contributed by atoms with Gasteiger partial charge in [0.15, 0.2) is 5.79 Å². The third-order valence-corrected chi connectivity index (χ3v) is 4.99. The minimum Gasteiger partial charge on any atom is -0.349 e. The number of ketones is 1. The van der Waals surface area contributed by atoms with Crippen LogP contribution in [-0.4, -0.2) is 24.8 Å². The summed E-state index contributed by atoms with van der Waals surface area (Å²) in [6, 6.07) is 0. The molecule has 3 nitrogen and oxygen atoms in total. The van der Waals surface area contributed by atoms with Crippen LogP contribution in [0, 0.1) is 5.41 Å². The van der Waals surface area contributed by atoms with Gasteiger partial charge in [0.25, 0.3) is 0 Å². The van der Waals surface area contributed by atoms with Crippen molar-refractivity contribution in [3.8, 4) is 0 Å². The Kier molecular flexibility index (Phi) is 3.46. The summed E-state index contributed by atoms with van der Waals surface area (Å²) < 4.78 is 12.2. The number of Topliss-reactive ketones (excluding diaryl/α,β-unsaturated/α-hetero) is 1. The Labute approximate surface area is 109 Å². The molecular formula is C15H24O3. The molecule has 0 N–H and O–H groups in total. The third kappa shape index (κ3) is 2.23. The molecule has 2 saturated carbocycles. The van der Waals surface area contributed by atoms with Crippen molar-refractivity contribution in [1.82, 2.24) is 0 Å². The summed E-state index contributed by atoms with van der Waals surface area (Å²) >= 11 is 0. The molecule has 0 unspecified atom stereocenters. The minimum atomic E-state index is -0.337. The SMILES string of the molecule is O=C1CCCCCC12COC1(CCCCC1)OC2. The van der Waals surface area contributed by atoms with E-state index in [-0.39, 0.29) is 11.2 Å². The molecule has 2 aliphatic carbocycles. The van der Waals surface area contributed by atoms with Gasteiger partial charge in [0.05, 0.1) is 18.6 Å². The van der Waals surface area contributed by atoms with Crippen LogP contribution in [0.1, 0.15) is 64.2 Å². The highest BCUT2D eigenvalue weighted by Gasteiger charge is 2.48. The Bertz CT molecular complexity index is 308. The van der Waals surface area contributed by atoms with Crippen molar-refractivity contribution in [2.75, 3.05) is 13.2 Å². The normalized spacial score (nSPS) is 31.4. The lowest BCUT2D eigenvalue weighted by Gasteiger charge is -2.47. The third-order valence-electron chi connectivity index (χ3n) is 4.99. The molecule has 2 spiro atoms. The lowest BCUT2D eigenvalue weighted by atomic mass is 9.79. The summed E-state index contributed by atoms with van der Waals surface area (Å²) in [4.78, 5) is 12.3. The van der Waals surface area contributed by atoms with Crippen LogP contribution < -0.4 is 0 Å². The second kappa shape index (κ2) is 4.93. The fourth-order valence-electron chi connectivity index (χ4n) is 3.64. The maximum absolute atomic E-state index is 12.3. The molecule has 0 bridgehead atoms. The highest BCUT2D eigenvalue weighted by molar-refractivity contribution is 5.85. The quantitative estimate of drug-likeness (QED) is 0.664. The van der Waals surface area contributed by atoms with E-state index in [1.807, 2.05) is 0 Å². The fourth-order valence-corrected chi connectivity index (χ4v) is 3.64. The van der Waals surface area contributed by atoms with E-state index in [0.29, 0.717) is 19.0 Å². The van der Waals surface area contributed by atoms with Crippen LogP contribution in [0.5, 0.6) is 0 Å². The first-order chi connectivity index (χ1) is 8.75. The Morgan fingerprint density at radius 3 is 2.11 bits per heavy atom. The second-order valence-electron chi connectivity index (χ2n) is 6.31. The zero-order valence-electron chi connectivity index (χ0n) is 11.2. The van der Waals surface area contributed by atoms with Crippen molar-refractivity contribution < 1.29 is 14.3 Å². The largest absolute Gasteiger partial charge is 0.349 e. The van der Waals surface area contributed by atoms with Gasteiger partial charge in [-0.15, -0.1) is 0 Å². The number of hydrogen-bond donors (Lipinski definition) is 0. The van der Waals surface area contributed by atoms with Gasteiger partial charge in [-0.3, -0.25) is 4.79 Å². The van der Waals surface area contributed by atoms with E-state index in [9.17, 15) is 4.79 Å². The Morgan fingerprint density at radius 2 is 1.39 bits per heavy atom. The van der Waals surface area contributed by atoms with Crippen LogP contribution in [0.15, 0.2) is 0 Å². The number of hydrogen-bond acceptors (Lipinski definition) is 3. The average molecular weight is 252 g/mol. The Morgan fingerprint density at radius 1 is 0.778 bits per heavy atom. The van der Waals surface area contributed by atoms with E-state index in [1.165, 1.54) is 25.7 Å². The van der Waals surface area contributed by atoms with Crippen molar-refractivity contribution in [3.63, 3.8) is 0 Å². The first kappa shape index (κ1) is 12.6. The Balaban J connectivity index is 1.69. The topological polar surface area (TPSA) is 35.5 Å². The van der Waals surface area contributed by atoms with E-state index in [2.05, 4.69) is 0 Å². The van der Waals surface area contributed by atoms with Crippen LogP contribution in [-0.2, 0) is 14.3 Å². The van der Waals surface area contributed by atoms with Crippen molar-refractivity contribution in [1.29, 1.82) is 0 Å². The average Bonchev–Trinajstić information content (AvgIpc) is 2.58. The van der Waals surface area contributed by atoms with Gasteiger partial charge in [0, 0.05) is 19.3 Å². The van der Waals surface area contributed by atoms with Crippen molar-refractivity contribution in [3.05, 3.63) is 0 Å². The molecule has 0 aromatic carbocycles. The van der Waals surface area contributed by atoms with Crippen LogP contribution in [0.2, 0.25) is 0 Å². The molecule has 1 heterocycles. The fraction of sp³-hybridized carbons (Fsp3) is 0.933. The standard InChI is InChI=1S/C15H24O3/c16-13-7-3-1-4-8-14(13)11-17-15(18-12-14)9-5-2-6-10-15/h1-12H2. The van der Waals surface area contributed by atoms with Crippen LogP contribution in [0.4, 0.5) is 0 Å². The van der Waals surface area contributed by atoms with Gasteiger partial charge in [-0.1, -0.05) is 19.3 Å². The minimum absolute atomic E-state index is 0.306. The van der Waals surface area contributed by atoms with Crippen LogP contribution in [0.3, 0.4) is 0 Å². The molecule has 3 heteroatoms. The first-order valence-electron chi connectivity index (χ1n) is 7.56. The number of rotatable bonds is 0. The lowest BCUT2D eigenvalue weighted by molar-refractivity contribution is -0.309. The monoisotopic (exact) mass is 252 g/mol. The summed E-state index contributed by atoms with van der Waals surface area (Å²) in [5.41, 5.74) is -0.306. The molecule has 0 aromatic heterocycles. The highest BCUT2D eigenvalue weighted by Crippen LogP contribution is 2.43. The van der Waals surface area contributed by atoms with Gasteiger partial charge in [-0.2, -0.15) is 0 Å². The maximum Gasteiger partial charge on any atom is 0.168 e. The molecule has 1 saturated heterocycles. The van der Waals surface area contributed by atoms with E-state index in [0.717, 1.165) is 38.5 Å². The van der Waals surface area contributed by atoms with Gasteiger partial charge in [-0.25, -0.2) is 0 Å². The molecule has 3 fully saturated rings. The van der Waals surface area contributed by atoms with Crippen LogP contribution in [0.25, 0.3) is 0 Å². The molecular weight excluding hydrogens is 228 g/mol. The molecule has 0 radical (unpaired) electrons. The molecule has 0 aromatic rings. The van der Waals surface area contributed by atoms with Gasteiger partial charge in [0.2, 0.25) is 0 Å². The smallest absolute Gasteiger partial charge is 0.168 e. The Hall–Kier alpha value is -0.410. The molecule has 102 valence electrons. The van der Waals surface area contributed by atoms with Gasteiger partial charge in [0.1, 0.15) is 5.78 Å². The molecule has 3 rings (SSSR count). The summed E-state index contributed by atoms with van der Waals surface area (Å²) in [6.45, 7) is 1.21. The maximum atomic E-state index is 12.3. The van der Waals surface area contributed by atoms with Crippen molar-refractivity contribution >= 4 is 5.78 Å². The summed E-state index contributed by atoms with van der Waals surface area (Å²) in [6.07, 6.45) is 10.8. The van der Waals surface area contributed by atoms with E-state index < -0.39 is 0 Å². The number of ether oxygens (including phenoxy) is 2. The lowest BCUT2D eigenvalue weighted by Crippen LogP contribution is -2.53. The molecule has 0 atom stereocenters.